The first-order valence-corrected chi connectivity index (χ1v) is 14.8. The smallest absolute Gasteiger partial charge is 0.264 e. The van der Waals surface area contributed by atoms with E-state index in [9.17, 15) is 18.0 Å². The summed E-state index contributed by atoms with van der Waals surface area (Å²) in [5.41, 5.74) is 2.73. The highest BCUT2D eigenvalue weighted by atomic mass is 32.2. The Balaban J connectivity index is 2.06. The van der Waals surface area contributed by atoms with Gasteiger partial charge in [0.15, 0.2) is 0 Å². The first-order chi connectivity index (χ1) is 19.0. The van der Waals surface area contributed by atoms with Gasteiger partial charge in [0.05, 0.1) is 17.7 Å². The maximum absolute atomic E-state index is 14.1. The second-order valence-corrected chi connectivity index (χ2v) is 11.8. The van der Waals surface area contributed by atoms with E-state index in [-0.39, 0.29) is 23.4 Å². The maximum atomic E-state index is 14.1. The highest BCUT2D eigenvalue weighted by Gasteiger charge is 2.33. The molecule has 9 heteroatoms. The lowest BCUT2D eigenvalue weighted by Gasteiger charge is -2.33. The first kappa shape index (κ1) is 30.7. The quantitative estimate of drug-likeness (QED) is 0.339. The van der Waals surface area contributed by atoms with Gasteiger partial charge >= 0.3 is 0 Å². The third kappa shape index (κ3) is 7.41. The predicted octanol–water partition coefficient (Wildman–Crippen LogP) is 4.84. The number of carbonyl (C=O) groups excluding carboxylic acids is 2. The van der Waals surface area contributed by atoms with Gasteiger partial charge in [-0.1, -0.05) is 49.4 Å². The molecule has 0 saturated carbocycles. The number of aryl methyl sites for hydroxylation is 2. The van der Waals surface area contributed by atoms with E-state index in [1.165, 1.54) is 17.0 Å². The minimum Gasteiger partial charge on any atom is -0.497 e. The second-order valence-electron chi connectivity index (χ2n) is 9.98. The van der Waals surface area contributed by atoms with E-state index in [2.05, 4.69) is 5.32 Å². The zero-order valence-electron chi connectivity index (χ0n) is 24.0. The van der Waals surface area contributed by atoms with Crippen LogP contribution in [0.25, 0.3) is 0 Å². The number of methoxy groups -OCH3 is 1. The number of rotatable bonds is 12. The van der Waals surface area contributed by atoms with Crippen LogP contribution in [-0.4, -0.2) is 50.9 Å². The van der Waals surface area contributed by atoms with Crippen LogP contribution in [0.1, 0.15) is 43.9 Å². The summed E-state index contributed by atoms with van der Waals surface area (Å²) in [6, 6.07) is 19.8. The number of carbonyl (C=O) groups is 2. The van der Waals surface area contributed by atoms with Gasteiger partial charge in [-0.2, -0.15) is 0 Å². The van der Waals surface area contributed by atoms with Crippen molar-refractivity contribution in [1.82, 2.24) is 10.2 Å². The molecule has 0 saturated heterocycles. The van der Waals surface area contributed by atoms with Crippen molar-refractivity contribution < 1.29 is 22.7 Å². The van der Waals surface area contributed by atoms with Crippen molar-refractivity contribution in [2.24, 2.45) is 0 Å². The van der Waals surface area contributed by atoms with Gasteiger partial charge in [0.2, 0.25) is 11.8 Å². The van der Waals surface area contributed by atoms with Gasteiger partial charge in [0.1, 0.15) is 18.3 Å². The third-order valence-corrected chi connectivity index (χ3v) is 8.67. The summed E-state index contributed by atoms with van der Waals surface area (Å²) in [6.45, 7) is 8.81. The van der Waals surface area contributed by atoms with E-state index in [1.807, 2.05) is 52.0 Å². The molecule has 0 unspecified atom stereocenters. The first-order valence-electron chi connectivity index (χ1n) is 13.4. The molecule has 0 aliphatic rings. The molecule has 0 aromatic heterocycles. The lowest BCUT2D eigenvalue weighted by Crippen LogP contribution is -2.52. The predicted molar refractivity (Wildman–Crippen MR) is 158 cm³/mol. The molecule has 0 aliphatic heterocycles. The molecule has 8 nitrogen and oxygen atoms in total. The number of nitrogens with one attached hydrogen (secondary N) is 1. The van der Waals surface area contributed by atoms with Crippen LogP contribution in [0.15, 0.2) is 77.7 Å². The molecule has 3 aromatic carbocycles. The normalized spacial score (nSPS) is 12.8. The Labute approximate surface area is 238 Å². The molecule has 2 atom stereocenters. The Morgan fingerprint density at radius 3 is 2.30 bits per heavy atom. The van der Waals surface area contributed by atoms with E-state index >= 15 is 0 Å². The average molecular weight is 566 g/mol. The molecule has 40 heavy (non-hydrogen) atoms. The molecule has 3 rings (SSSR count). The van der Waals surface area contributed by atoms with Crippen molar-refractivity contribution in [2.75, 3.05) is 18.0 Å². The van der Waals surface area contributed by atoms with Crippen LogP contribution < -0.4 is 14.4 Å². The van der Waals surface area contributed by atoms with Crippen molar-refractivity contribution in [3.63, 3.8) is 0 Å². The molecule has 0 bridgehead atoms. The summed E-state index contributed by atoms with van der Waals surface area (Å²) in [7, 11) is -2.55. The van der Waals surface area contributed by atoms with Crippen LogP contribution in [-0.2, 0) is 26.2 Å². The Kier molecular flexibility index (Phi) is 10.3. The van der Waals surface area contributed by atoms with Crippen LogP contribution >= 0.6 is 0 Å². The molecule has 3 aromatic rings. The maximum Gasteiger partial charge on any atom is 0.264 e. The molecule has 0 heterocycles. The summed E-state index contributed by atoms with van der Waals surface area (Å²) in [6.07, 6.45) is 0.734. The van der Waals surface area contributed by atoms with Crippen LogP contribution in [0.4, 0.5) is 5.69 Å². The lowest BCUT2D eigenvalue weighted by molar-refractivity contribution is -0.139. The summed E-state index contributed by atoms with van der Waals surface area (Å²) in [5, 5.41) is 2.94. The van der Waals surface area contributed by atoms with E-state index in [4.69, 9.17) is 4.74 Å². The largest absolute Gasteiger partial charge is 0.497 e. The summed E-state index contributed by atoms with van der Waals surface area (Å²) in [5.74, 6) is -0.199. The van der Waals surface area contributed by atoms with Crippen molar-refractivity contribution >= 4 is 27.5 Å². The highest BCUT2D eigenvalue weighted by Crippen LogP contribution is 2.28. The third-order valence-electron chi connectivity index (χ3n) is 6.90. The monoisotopic (exact) mass is 565 g/mol. The number of hydrogen-bond acceptors (Lipinski definition) is 5. The summed E-state index contributed by atoms with van der Waals surface area (Å²) >= 11 is 0. The molecule has 0 spiro atoms. The minimum atomic E-state index is -4.11. The van der Waals surface area contributed by atoms with Crippen molar-refractivity contribution in [3.05, 3.63) is 89.5 Å². The van der Waals surface area contributed by atoms with Crippen LogP contribution in [0.3, 0.4) is 0 Å². The molecular formula is C31H39N3O5S. The number of hydrogen-bond donors (Lipinski definition) is 1. The number of sulfonamides is 1. The number of nitrogens with zero attached hydrogens (tertiary/aromatic N) is 2. The van der Waals surface area contributed by atoms with Gasteiger partial charge in [-0.3, -0.25) is 13.9 Å². The number of anilines is 1. The highest BCUT2D eigenvalue weighted by molar-refractivity contribution is 7.92. The zero-order chi connectivity index (χ0) is 29.4. The topological polar surface area (TPSA) is 96.0 Å². The average Bonchev–Trinajstić information content (AvgIpc) is 2.95. The van der Waals surface area contributed by atoms with Gasteiger partial charge < -0.3 is 15.0 Å². The van der Waals surface area contributed by atoms with E-state index < -0.39 is 28.5 Å². The van der Waals surface area contributed by atoms with E-state index in [1.54, 1.807) is 50.4 Å². The van der Waals surface area contributed by atoms with Gasteiger partial charge in [0.25, 0.3) is 10.0 Å². The second kappa shape index (κ2) is 13.5. The van der Waals surface area contributed by atoms with E-state index in [0.29, 0.717) is 17.0 Å². The van der Waals surface area contributed by atoms with Crippen LogP contribution in [0.2, 0.25) is 0 Å². The summed E-state index contributed by atoms with van der Waals surface area (Å²) < 4.78 is 34.4. The molecule has 2 amide bonds. The fourth-order valence-corrected chi connectivity index (χ4v) is 5.73. The number of ether oxygens (including phenoxy) is 1. The fraction of sp³-hybridized carbons (Fsp3) is 0.355. The SMILES string of the molecule is CC[C@H](C)NC(=O)[C@@H](C)N(Cc1cccc(OC)c1)C(=O)CN(c1cc(C)ccc1C)S(=O)(=O)c1ccccc1. The Morgan fingerprint density at radius 1 is 0.950 bits per heavy atom. The fourth-order valence-electron chi connectivity index (χ4n) is 4.24. The van der Waals surface area contributed by atoms with Gasteiger partial charge in [-0.05, 0) is 81.1 Å². The van der Waals surface area contributed by atoms with E-state index in [0.717, 1.165) is 21.9 Å². The number of benzene rings is 3. The Bertz CT molecular complexity index is 1430. The van der Waals surface area contributed by atoms with Crippen molar-refractivity contribution in [1.29, 1.82) is 0 Å². The molecule has 0 fully saturated rings. The Hall–Kier alpha value is -3.85. The zero-order valence-corrected chi connectivity index (χ0v) is 24.9. The van der Waals surface area contributed by atoms with Gasteiger partial charge in [-0.25, -0.2) is 8.42 Å². The molecule has 214 valence electrons. The molecular weight excluding hydrogens is 526 g/mol. The van der Waals surface area contributed by atoms with Crippen LogP contribution in [0.5, 0.6) is 5.75 Å². The molecule has 1 N–H and O–H groups in total. The standard InChI is InChI=1S/C31H39N3O5S/c1-7-24(4)32-31(36)25(5)33(20-26-12-11-13-27(19-26)39-6)30(35)21-34(29-18-22(2)16-17-23(29)3)40(37,38)28-14-9-8-10-15-28/h8-19,24-25H,7,20-21H2,1-6H3,(H,32,36)/t24-,25+/m0/s1. The lowest BCUT2D eigenvalue weighted by atomic mass is 10.1. The van der Waals surface area contributed by atoms with Gasteiger partial charge in [0, 0.05) is 12.6 Å². The summed E-state index contributed by atoms with van der Waals surface area (Å²) in [4.78, 5) is 28.7. The number of amides is 2. The molecule has 0 aliphatic carbocycles. The van der Waals surface area contributed by atoms with Crippen molar-refractivity contribution in [2.45, 2.75) is 64.6 Å². The van der Waals surface area contributed by atoms with Gasteiger partial charge in [-0.15, -0.1) is 0 Å². The Morgan fingerprint density at radius 2 is 1.65 bits per heavy atom. The molecule has 0 radical (unpaired) electrons. The minimum absolute atomic E-state index is 0.0746. The van der Waals surface area contributed by atoms with Crippen LogP contribution in [0, 0.1) is 13.8 Å². The van der Waals surface area contributed by atoms with Crippen molar-refractivity contribution in [3.8, 4) is 5.75 Å².